The van der Waals surface area contributed by atoms with Crippen LogP contribution in [0.3, 0.4) is 0 Å². The summed E-state index contributed by atoms with van der Waals surface area (Å²) >= 11 is 3.56. The van der Waals surface area contributed by atoms with E-state index in [1.54, 1.807) is 6.26 Å². The Kier molecular flexibility index (Phi) is 2.82. The Morgan fingerprint density at radius 2 is 2.47 bits per heavy atom. The highest BCUT2D eigenvalue weighted by atomic mass is 79.9. The number of halogens is 1. The molecule has 3 nitrogen and oxygen atoms in total. The molecule has 1 unspecified atom stereocenters. The van der Waals surface area contributed by atoms with Gasteiger partial charge in [0.2, 0.25) is 0 Å². The van der Waals surface area contributed by atoms with Crippen LogP contribution in [0.5, 0.6) is 0 Å². The van der Waals surface area contributed by atoms with E-state index in [0.29, 0.717) is 0 Å². The lowest BCUT2D eigenvalue weighted by Gasteiger charge is -2.22. The van der Waals surface area contributed by atoms with Gasteiger partial charge in [0.1, 0.15) is 16.2 Å². The van der Waals surface area contributed by atoms with Gasteiger partial charge in [-0.3, -0.25) is 0 Å². The molecule has 17 heavy (non-hydrogen) atoms. The van der Waals surface area contributed by atoms with Crippen LogP contribution in [0.2, 0.25) is 0 Å². The number of imidazole rings is 1. The smallest absolute Gasteiger partial charge is 0.127 e. The summed E-state index contributed by atoms with van der Waals surface area (Å²) in [6.45, 7) is 3.37. The molecule has 0 aromatic carbocycles. The first-order valence-corrected chi connectivity index (χ1v) is 6.79. The predicted octanol–water partition coefficient (Wildman–Crippen LogP) is 3.41. The number of hydrogen-bond donors (Lipinski definition) is 0. The van der Waals surface area contributed by atoms with Crippen molar-refractivity contribution in [3.05, 3.63) is 40.3 Å². The molecule has 1 aliphatic rings. The highest BCUT2D eigenvalue weighted by molar-refractivity contribution is 9.10. The van der Waals surface area contributed by atoms with E-state index < -0.39 is 0 Å². The van der Waals surface area contributed by atoms with E-state index >= 15 is 0 Å². The van der Waals surface area contributed by atoms with Gasteiger partial charge >= 0.3 is 0 Å². The first-order valence-electron chi connectivity index (χ1n) is 6.00. The van der Waals surface area contributed by atoms with E-state index in [1.165, 1.54) is 12.1 Å². The fourth-order valence-electron chi connectivity index (χ4n) is 2.45. The third kappa shape index (κ3) is 2.06. The summed E-state index contributed by atoms with van der Waals surface area (Å²) < 4.78 is 8.75. The Bertz CT molecular complexity index is 516. The lowest BCUT2D eigenvalue weighted by molar-refractivity contribution is 0.389. The summed E-state index contributed by atoms with van der Waals surface area (Å²) in [5, 5.41) is 0. The molecule has 3 heterocycles. The average molecular weight is 295 g/mol. The zero-order valence-corrected chi connectivity index (χ0v) is 11.4. The molecule has 90 valence electrons. The molecule has 1 aliphatic heterocycles. The van der Waals surface area contributed by atoms with Gasteiger partial charge in [0.15, 0.2) is 0 Å². The van der Waals surface area contributed by atoms with Crippen LogP contribution in [0.1, 0.15) is 30.6 Å². The van der Waals surface area contributed by atoms with Crippen molar-refractivity contribution in [3.8, 4) is 0 Å². The molecule has 1 atom stereocenters. The minimum atomic E-state index is 0.735. The number of nitrogens with zero attached hydrogens (tertiary/aromatic N) is 2. The molecule has 0 saturated carbocycles. The van der Waals surface area contributed by atoms with Crippen molar-refractivity contribution in [3.63, 3.8) is 0 Å². The van der Waals surface area contributed by atoms with Crippen LogP contribution in [-0.2, 0) is 19.4 Å². The molecule has 0 radical (unpaired) electrons. The van der Waals surface area contributed by atoms with Crippen molar-refractivity contribution in [1.82, 2.24) is 9.55 Å². The highest BCUT2D eigenvalue weighted by Crippen LogP contribution is 2.28. The van der Waals surface area contributed by atoms with Gasteiger partial charge < -0.3 is 8.98 Å². The normalized spacial score (nSPS) is 19.3. The third-order valence-electron chi connectivity index (χ3n) is 3.38. The summed E-state index contributed by atoms with van der Waals surface area (Å²) in [5.41, 5.74) is 1.34. The minimum Gasteiger partial charge on any atom is -0.469 e. The van der Waals surface area contributed by atoms with E-state index in [1.807, 2.05) is 12.1 Å². The molecule has 0 bridgehead atoms. The Morgan fingerprint density at radius 1 is 1.59 bits per heavy atom. The van der Waals surface area contributed by atoms with E-state index in [4.69, 9.17) is 4.42 Å². The summed E-state index contributed by atoms with van der Waals surface area (Å²) in [6, 6.07) is 3.93. The van der Waals surface area contributed by atoms with E-state index in [9.17, 15) is 0 Å². The highest BCUT2D eigenvalue weighted by Gasteiger charge is 2.22. The van der Waals surface area contributed by atoms with Crippen LogP contribution in [0.15, 0.2) is 27.4 Å². The molecule has 2 aromatic rings. The maximum absolute atomic E-state index is 5.40. The molecule has 0 spiro atoms. The second-order valence-corrected chi connectivity index (χ2v) is 5.53. The third-order valence-corrected chi connectivity index (χ3v) is 4.02. The lowest BCUT2D eigenvalue weighted by Crippen LogP contribution is -2.19. The average Bonchev–Trinajstić information content (AvgIpc) is 2.89. The molecular formula is C13H15BrN2O. The molecule has 2 aromatic heterocycles. The fourth-order valence-corrected chi connectivity index (χ4v) is 3.07. The van der Waals surface area contributed by atoms with Gasteiger partial charge in [-0.2, -0.15) is 0 Å². The van der Waals surface area contributed by atoms with Crippen LogP contribution in [0.4, 0.5) is 0 Å². The zero-order valence-electron chi connectivity index (χ0n) is 9.82. The lowest BCUT2D eigenvalue weighted by atomic mass is 10.0. The SMILES string of the molecule is CC1CCc2c(Br)nc(Cc3ccco3)n2C1. The molecule has 3 rings (SSSR count). The number of rotatable bonds is 2. The minimum absolute atomic E-state index is 0.735. The van der Waals surface area contributed by atoms with Crippen LogP contribution in [-0.4, -0.2) is 9.55 Å². The van der Waals surface area contributed by atoms with Gasteiger partial charge in [-0.15, -0.1) is 0 Å². The van der Waals surface area contributed by atoms with Gasteiger partial charge in [-0.1, -0.05) is 6.92 Å². The fraction of sp³-hybridized carbons (Fsp3) is 0.462. The van der Waals surface area contributed by atoms with Crippen molar-refractivity contribution in [2.45, 2.75) is 32.7 Å². The van der Waals surface area contributed by atoms with Gasteiger partial charge in [-0.05, 0) is 46.8 Å². The van der Waals surface area contributed by atoms with Crippen molar-refractivity contribution in [2.24, 2.45) is 5.92 Å². The van der Waals surface area contributed by atoms with Crippen molar-refractivity contribution < 1.29 is 4.42 Å². The van der Waals surface area contributed by atoms with Gasteiger partial charge in [0.05, 0.1) is 18.4 Å². The van der Waals surface area contributed by atoms with Crippen LogP contribution in [0.25, 0.3) is 0 Å². The maximum Gasteiger partial charge on any atom is 0.127 e. The Balaban J connectivity index is 1.95. The summed E-state index contributed by atoms with van der Waals surface area (Å²) in [4.78, 5) is 4.62. The van der Waals surface area contributed by atoms with E-state index in [2.05, 4.69) is 32.4 Å². The second-order valence-electron chi connectivity index (χ2n) is 4.78. The first kappa shape index (κ1) is 11.1. The molecule has 0 saturated heterocycles. The zero-order chi connectivity index (χ0) is 11.8. The molecule has 0 amide bonds. The van der Waals surface area contributed by atoms with Crippen molar-refractivity contribution >= 4 is 15.9 Å². The Labute approximate surface area is 109 Å². The van der Waals surface area contributed by atoms with E-state index in [-0.39, 0.29) is 0 Å². The first-order chi connectivity index (χ1) is 8.24. The van der Waals surface area contributed by atoms with E-state index in [0.717, 1.165) is 41.5 Å². The molecule has 4 heteroatoms. The standard InChI is InChI=1S/C13H15BrN2O/c1-9-4-5-11-13(14)15-12(16(11)8-9)7-10-3-2-6-17-10/h2-3,6,9H,4-5,7-8H2,1H3. The predicted molar refractivity (Wildman–Crippen MR) is 68.9 cm³/mol. The molecule has 0 N–H and O–H groups in total. The largest absolute Gasteiger partial charge is 0.469 e. The summed E-state index contributed by atoms with van der Waals surface area (Å²) in [7, 11) is 0. The molecule has 0 fully saturated rings. The van der Waals surface area contributed by atoms with Gasteiger partial charge in [0, 0.05) is 6.54 Å². The topological polar surface area (TPSA) is 31.0 Å². The Morgan fingerprint density at radius 3 is 3.24 bits per heavy atom. The number of furan rings is 1. The van der Waals surface area contributed by atoms with Crippen LogP contribution in [0, 0.1) is 5.92 Å². The monoisotopic (exact) mass is 294 g/mol. The second kappa shape index (κ2) is 4.33. The van der Waals surface area contributed by atoms with Crippen LogP contribution < -0.4 is 0 Å². The number of fused-ring (bicyclic) bond motifs is 1. The van der Waals surface area contributed by atoms with Crippen molar-refractivity contribution in [1.29, 1.82) is 0 Å². The quantitative estimate of drug-likeness (QED) is 0.850. The van der Waals surface area contributed by atoms with Gasteiger partial charge in [-0.25, -0.2) is 4.98 Å². The number of hydrogen-bond acceptors (Lipinski definition) is 2. The van der Waals surface area contributed by atoms with Gasteiger partial charge in [0.25, 0.3) is 0 Å². The maximum atomic E-state index is 5.40. The molecule has 0 aliphatic carbocycles. The number of aromatic nitrogens is 2. The van der Waals surface area contributed by atoms with Crippen molar-refractivity contribution in [2.75, 3.05) is 0 Å². The van der Waals surface area contributed by atoms with Crippen LogP contribution >= 0.6 is 15.9 Å². The summed E-state index contributed by atoms with van der Waals surface area (Å²) in [6.07, 6.45) is 4.86. The Hall–Kier alpha value is -1.03. The summed E-state index contributed by atoms with van der Waals surface area (Å²) in [5.74, 6) is 2.82. The molecular weight excluding hydrogens is 280 g/mol.